The van der Waals surface area contributed by atoms with Gasteiger partial charge in [-0.05, 0) is 47.6 Å². The van der Waals surface area contributed by atoms with Crippen LogP contribution in [0, 0.1) is 0 Å². The van der Waals surface area contributed by atoms with Crippen LogP contribution in [-0.4, -0.2) is 19.0 Å². The molecule has 144 valence electrons. The SMILES string of the molecule is COC(=O)c1c(NC(=O)Cc2cccc3ccccc23)sc2c1CCCCC2. The molecule has 0 fully saturated rings. The highest BCUT2D eigenvalue weighted by Crippen LogP contribution is 2.38. The summed E-state index contributed by atoms with van der Waals surface area (Å²) in [6.45, 7) is 0. The first kappa shape index (κ1) is 18.7. The van der Waals surface area contributed by atoms with Crippen molar-refractivity contribution in [3.63, 3.8) is 0 Å². The second-order valence-electron chi connectivity index (χ2n) is 7.12. The standard InChI is InChI=1S/C23H23NO3S/c1-27-23(26)21-18-12-3-2-4-13-19(18)28-22(21)24-20(25)14-16-10-7-9-15-8-5-6-11-17(15)16/h5-11H,2-4,12-14H2,1H3,(H,24,25). The van der Waals surface area contributed by atoms with E-state index in [0.29, 0.717) is 10.6 Å². The maximum atomic E-state index is 12.8. The molecule has 5 heteroatoms. The lowest BCUT2D eigenvalue weighted by atomic mass is 10.0. The van der Waals surface area contributed by atoms with E-state index in [1.54, 1.807) is 0 Å². The highest BCUT2D eigenvalue weighted by Gasteiger charge is 2.26. The molecule has 1 aliphatic rings. The number of carbonyl (C=O) groups excluding carboxylic acids is 2. The summed E-state index contributed by atoms with van der Waals surface area (Å²) in [7, 11) is 1.39. The Balaban J connectivity index is 1.61. The molecular formula is C23H23NO3S. The molecular weight excluding hydrogens is 370 g/mol. The van der Waals surface area contributed by atoms with E-state index in [4.69, 9.17) is 4.74 Å². The van der Waals surface area contributed by atoms with Gasteiger partial charge in [0.15, 0.2) is 0 Å². The molecule has 1 N–H and O–H groups in total. The molecule has 0 bridgehead atoms. The zero-order valence-corrected chi connectivity index (χ0v) is 16.7. The molecule has 3 aromatic rings. The summed E-state index contributed by atoms with van der Waals surface area (Å²) in [6, 6.07) is 14.0. The number of rotatable bonds is 4. The van der Waals surface area contributed by atoms with Gasteiger partial charge in [-0.1, -0.05) is 48.9 Å². The fourth-order valence-electron chi connectivity index (χ4n) is 3.94. The highest BCUT2D eigenvalue weighted by molar-refractivity contribution is 7.17. The molecule has 0 radical (unpaired) electrons. The first-order valence-electron chi connectivity index (χ1n) is 9.66. The van der Waals surface area contributed by atoms with Crippen LogP contribution < -0.4 is 5.32 Å². The maximum Gasteiger partial charge on any atom is 0.341 e. The Hall–Kier alpha value is -2.66. The molecule has 1 amide bonds. The number of hydrogen-bond donors (Lipinski definition) is 1. The molecule has 0 saturated carbocycles. The van der Waals surface area contributed by atoms with E-state index in [1.807, 2.05) is 42.5 Å². The minimum absolute atomic E-state index is 0.113. The summed E-state index contributed by atoms with van der Waals surface area (Å²) in [5.41, 5.74) is 2.60. The summed E-state index contributed by atoms with van der Waals surface area (Å²) >= 11 is 1.53. The largest absolute Gasteiger partial charge is 0.465 e. The van der Waals surface area contributed by atoms with Gasteiger partial charge in [0.1, 0.15) is 5.00 Å². The third-order valence-corrected chi connectivity index (χ3v) is 6.50. The van der Waals surface area contributed by atoms with Crippen molar-refractivity contribution in [3.05, 3.63) is 64.0 Å². The van der Waals surface area contributed by atoms with Crippen molar-refractivity contribution in [2.24, 2.45) is 0 Å². The van der Waals surface area contributed by atoms with E-state index >= 15 is 0 Å². The summed E-state index contributed by atoms with van der Waals surface area (Å²) in [4.78, 5) is 26.4. The van der Waals surface area contributed by atoms with Crippen LogP contribution >= 0.6 is 11.3 Å². The molecule has 0 atom stereocenters. The molecule has 1 heterocycles. The van der Waals surface area contributed by atoms with Gasteiger partial charge in [-0.2, -0.15) is 0 Å². The number of anilines is 1. The molecule has 2 aromatic carbocycles. The van der Waals surface area contributed by atoms with Crippen LogP contribution in [0.15, 0.2) is 42.5 Å². The first-order valence-corrected chi connectivity index (χ1v) is 10.5. The van der Waals surface area contributed by atoms with Gasteiger partial charge in [0, 0.05) is 4.88 Å². The van der Waals surface area contributed by atoms with Crippen molar-refractivity contribution in [1.82, 2.24) is 0 Å². The molecule has 0 spiro atoms. The van der Waals surface area contributed by atoms with Crippen molar-refractivity contribution in [1.29, 1.82) is 0 Å². The molecule has 1 aromatic heterocycles. The third-order valence-electron chi connectivity index (χ3n) is 5.29. The topological polar surface area (TPSA) is 55.4 Å². The average Bonchev–Trinajstić information content (AvgIpc) is 2.88. The lowest BCUT2D eigenvalue weighted by molar-refractivity contribution is -0.115. The highest BCUT2D eigenvalue weighted by atomic mass is 32.1. The Bertz CT molecular complexity index is 1030. The fraction of sp³-hybridized carbons (Fsp3) is 0.304. The minimum atomic E-state index is -0.361. The molecule has 4 rings (SSSR count). The van der Waals surface area contributed by atoms with Crippen molar-refractivity contribution >= 4 is 39.0 Å². The van der Waals surface area contributed by atoms with Crippen molar-refractivity contribution in [2.75, 3.05) is 12.4 Å². The number of nitrogens with one attached hydrogen (secondary N) is 1. The summed E-state index contributed by atoms with van der Waals surface area (Å²) in [5, 5.41) is 5.82. The van der Waals surface area contributed by atoms with Crippen molar-refractivity contribution in [2.45, 2.75) is 38.5 Å². The summed E-state index contributed by atoms with van der Waals surface area (Å²) in [5.74, 6) is -0.474. The molecule has 28 heavy (non-hydrogen) atoms. The number of benzene rings is 2. The predicted octanol–water partition coefficient (Wildman–Crippen LogP) is 5.14. The van der Waals surface area contributed by atoms with Gasteiger partial charge in [0.05, 0.1) is 19.1 Å². The van der Waals surface area contributed by atoms with Crippen molar-refractivity contribution < 1.29 is 14.3 Å². The van der Waals surface area contributed by atoms with E-state index < -0.39 is 0 Å². The Morgan fingerprint density at radius 3 is 2.68 bits per heavy atom. The molecule has 0 saturated heterocycles. The number of ether oxygens (including phenoxy) is 1. The fourth-order valence-corrected chi connectivity index (χ4v) is 5.23. The second kappa shape index (κ2) is 8.15. The van der Waals surface area contributed by atoms with Crippen LogP contribution in [0.5, 0.6) is 0 Å². The number of carbonyl (C=O) groups is 2. The van der Waals surface area contributed by atoms with E-state index in [9.17, 15) is 9.59 Å². The smallest absolute Gasteiger partial charge is 0.341 e. The van der Waals surface area contributed by atoms with Crippen LogP contribution in [0.3, 0.4) is 0 Å². The number of hydrogen-bond acceptors (Lipinski definition) is 4. The Kier molecular flexibility index (Phi) is 5.44. The zero-order valence-electron chi connectivity index (χ0n) is 15.9. The number of amides is 1. The van der Waals surface area contributed by atoms with Crippen molar-refractivity contribution in [3.8, 4) is 0 Å². The van der Waals surface area contributed by atoms with Crippen LogP contribution in [0.4, 0.5) is 5.00 Å². The van der Waals surface area contributed by atoms with Gasteiger partial charge in [-0.25, -0.2) is 4.79 Å². The van der Waals surface area contributed by atoms with Gasteiger partial charge in [0.25, 0.3) is 0 Å². The summed E-state index contributed by atoms with van der Waals surface area (Å²) in [6.07, 6.45) is 5.46. The Morgan fingerprint density at radius 1 is 1.04 bits per heavy atom. The number of thiophene rings is 1. The van der Waals surface area contributed by atoms with Crippen LogP contribution in [0.2, 0.25) is 0 Å². The minimum Gasteiger partial charge on any atom is -0.465 e. The third kappa shape index (κ3) is 3.67. The van der Waals surface area contributed by atoms with Gasteiger partial charge in [0.2, 0.25) is 5.91 Å². The number of fused-ring (bicyclic) bond motifs is 2. The lowest BCUT2D eigenvalue weighted by Gasteiger charge is -2.09. The lowest BCUT2D eigenvalue weighted by Crippen LogP contribution is -2.16. The van der Waals surface area contributed by atoms with Crippen LogP contribution in [0.25, 0.3) is 10.8 Å². The van der Waals surface area contributed by atoms with E-state index in [1.165, 1.54) is 29.7 Å². The predicted molar refractivity (Wildman–Crippen MR) is 113 cm³/mol. The maximum absolute atomic E-state index is 12.8. The van der Waals surface area contributed by atoms with E-state index in [-0.39, 0.29) is 18.3 Å². The number of esters is 1. The Labute approximate surface area is 168 Å². The zero-order chi connectivity index (χ0) is 19.5. The van der Waals surface area contributed by atoms with Crippen LogP contribution in [0.1, 0.15) is 45.6 Å². The molecule has 0 unspecified atom stereocenters. The van der Waals surface area contributed by atoms with Gasteiger partial charge in [-0.15, -0.1) is 11.3 Å². The molecule has 4 nitrogen and oxygen atoms in total. The molecule has 0 aliphatic heterocycles. The van der Waals surface area contributed by atoms with E-state index in [2.05, 4.69) is 5.32 Å². The number of methoxy groups -OCH3 is 1. The monoisotopic (exact) mass is 393 g/mol. The normalized spacial score (nSPS) is 13.6. The molecule has 1 aliphatic carbocycles. The second-order valence-corrected chi connectivity index (χ2v) is 8.23. The van der Waals surface area contributed by atoms with Gasteiger partial charge >= 0.3 is 5.97 Å². The Morgan fingerprint density at radius 2 is 1.82 bits per heavy atom. The van der Waals surface area contributed by atoms with Gasteiger partial charge < -0.3 is 10.1 Å². The summed E-state index contributed by atoms with van der Waals surface area (Å²) < 4.78 is 5.02. The van der Waals surface area contributed by atoms with Crippen LogP contribution in [-0.2, 0) is 28.8 Å². The number of aryl methyl sites for hydroxylation is 1. The average molecular weight is 394 g/mol. The first-order chi connectivity index (χ1) is 13.7. The van der Waals surface area contributed by atoms with E-state index in [0.717, 1.165) is 47.6 Å². The quantitative estimate of drug-likeness (QED) is 0.493. The van der Waals surface area contributed by atoms with Gasteiger partial charge in [-0.3, -0.25) is 4.79 Å².